The van der Waals surface area contributed by atoms with Crippen molar-refractivity contribution in [3.8, 4) is 21.7 Å². The molecule has 0 aliphatic carbocycles. The largest absolute Gasteiger partial charge is 0.466 e. The summed E-state index contributed by atoms with van der Waals surface area (Å²) in [6, 6.07) is 18.2. The van der Waals surface area contributed by atoms with Gasteiger partial charge in [-0.3, -0.25) is 4.79 Å². The maximum Gasteiger partial charge on any atom is 0.305 e. The molecule has 0 radical (unpaired) electrons. The van der Waals surface area contributed by atoms with Crippen molar-refractivity contribution in [3.05, 3.63) is 64.6 Å². The van der Waals surface area contributed by atoms with Gasteiger partial charge < -0.3 is 4.74 Å². The van der Waals surface area contributed by atoms with Crippen molar-refractivity contribution in [1.82, 2.24) is 4.98 Å². The SMILES string of the molecule is CCOC(=O)CCCCCc1nc(-c2ccccc2)c(-c2ccc(Cl)cc2)s1. The second kappa shape index (κ2) is 10.4. The number of ether oxygens (including phenoxy) is 1. The Labute approximate surface area is 175 Å². The molecule has 0 saturated heterocycles. The van der Waals surface area contributed by atoms with Crippen LogP contribution in [0.15, 0.2) is 54.6 Å². The summed E-state index contributed by atoms with van der Waals surface area (Å²) in [6.45, 7) is 2.29. The van der Waals surface area contributed by atoms with Crippen LogP contribution in [0.3, 0.4) is 0 Å². The Hall–Kier alpha value is -2.17. The number of unbranched alkanes of at least 4 members (excludes halogenated alkanes) is 2. The molecule has 0 saturated carbocycles. The minimum atomic E-state index is -0.104. The van der Waals surface area contributed by atoms with Gasteiger partial charge in [0, 0.05) is 17.0 Å². The number of halogens is 1. The summed E-state index contributed by atoms with van der Waals surface area (Å²) in [7, 11) is 0. The van der Waals surface area contributed by atoms with Crippen molar-refractivity contribution in [2.75, 3.05) is 6.61 Å². The van der Waals surface area contributed by atoms with Crippen molar-refractivity contribution in [2.45, 2.75) is 39.0 Å². The predicted octanol–water partition coefficient (Wildman–Crippen LogP) is 6.80. The molecule has 3 aromatic rings. The van der Waals surface area contributed by atoms with Crippen molar-refractivity contribution in [2.24, 2.45) is 0 Å². The summed E-state index contributed by atoms with van der Waals surface area (Å²) >= 11 is 7.80. The number of carbonyl (C=O) groups excluding carboxylic acids is 1. The maximum atomic E-state index is 11.4. The molecule has 0 unspecified atom stereocenters. The standard InChI is InChI=1S/C23H24ClNO2S/c1-2-27-21(26)12-8-4-7-11-20-25-22(17-9-5-3-6-10-17)23(28-20)18-13-15-19(24)16-14-18/h3,5-6,9-10,13-16H,2,4,7-8,11-12H2,1H3. The Kier molecular flexibility index (Phi) is 7.63. The third-order valence-corrected chi connectivity index (χ3v) is 5.82. The summed E-state index contributed by atoms with van der Waals surface area (Å²) < 4.78 is 4.97. The van der Waals surface area contributed by atoms with E-state index >= 15 is 0 Å². The average molecular weight is 414 g/mol. The molecule has 0 spiro atoms. The number of rotatable bonds is 9. The number of hydrogen-bond donors (Lipinski definition) is 0. The Morgan fingerprint density at radius 3 is 2.46 bits per heavy atom. The van der Waals surface area contributed by atoms with Crippen LogP contribution in [0.1, 0.15) is 37.6 Å². The summed E-state index contributed by atoms with van der Waals surface area (Å²) in [5, 5.41) is 1.86. The Morgan fingerprint density at radius 1 is 1.00 bits per heavy atom. The minimum Gasteiger partial charge on any atom is -0.466 e. The lowest BCUT2D eigenvalue weighted by Crippen LogP contribution is -2.03. The number of carbonyl (C=O) groups is 1. The van der Waals surface area contributed by atoms with Gasteiger partial charge in [-0.05, 0) is 43.9 Å². The lowest BCUT2D eigenvalue weighted by Gasteiger charge is -2.02. The lowest BCUT2D eigenvalue weighted by molar-refractivity contribution is -0.143. The Bertz CT molecular complexity index is 891. The van der Waals surface area contributed by atoms with Gasteiger partial charge in [-0.2, -0.15) is 0 Å². The summed E-state index contributed by atoms with van der Waals surface area (Å²) in [6.07, 6.45) is 4.29. The Balaban J connectivity index is 1.71. The molecule has 0 fully saturated rings. The van der Waals surface area contributed by atoms with Crippen molar-refractivity contribution in [3.63, 3.8) is 0 Å². The average Bonchev–Trinajstić information content (AvgIpc) is 3.13. The molecule has 0 N–H and O–H groups in total. The van der Waals surface area contributed by atoms with Gasteiger partial charge in [-0.1, -0.05) is 60.5 Å². The second-order valence-electron chi connectivity index (χ2n) is 6.52. The van der Waals surface area contributed by atoms with Crippen LogP contribution < -0.4 is 0 Å². The van der Waals surface area contributed by atoms with Gasteiger partial charge in [0.1, 0.15) is 0 Å². The van der Waals surface area contributed by atoms with Crippen LogP contribution in [0.5, 0.6) is 0 Å². The first-order chi connectivity index (χ1) is 13.7. The molecule has 146 valence electrons. The molecule has 28 heavy (non-hydrogen) atoms. The molecular weight excluding hydrogens is 390 g/mol. The van der Waals surface area contributed by atoms with Crippen molar-refractivity contribution >= 4 is 28.9 Å². The quantitative estimate of drug-likeness (QED) is 0.286. The molecule has 3 nitrogen and oxygen atoms in total. The number of benzene rings is 2. The molecule has 0 amide bonds. The monoisotopic (exact) mass is 413 g/mol. The first-order valence-corrected chi connectivity index (χ1v) is 10.8. The summed E-state index contributed by atoms with van der Waals surface area (Å²) in [4.78, 5) is 17.5. The zero-order valence-corrected chi connectivity index (χ0v) is 17.6. The number of aromatic nitrogens is 1. The second-order valence-corrected chi connectivity index (χ2v) is 8.04. The lowest BCUT2D eigenvalue weighted by atomic mass is 10.1. The summed E-state index contributed by atoms with van der Waals surface area (Å²) in [5.74, 6) is -0.104. The fourth-order valence-electron chi connectivity index (χ4n) is 3.02. The van der Waals surface area contributed by atoms with E-state index in [1.807, 2.05) is 49.4 Å². The van der Waals surface area contributed by atoms with E-state index < -0.39 is 0 Å². The van der Waals surface area contributed by atoms with Crippen LogP contribution in [0, 0.1) is 0 Å². The van der Waals surface area contributed by atoms with Gasteiger partial charge in [0.2, 0.25) is 0 Å². The number of thiazole rings is 1. The third-order valence-electron chi connectivity index (χ3n) is 4.40. The van der Waals surface area contributed by atoms with Crippen LogP contribution >= 0.6 is 22.9 Å². The fraction of sp³-hybridized carbons (Fsp3) is 0.304. The highest BCUT2D eigenvalue weighted by Crippen LogP contribution is 2.37. The van der Waals surface area contributed by atoms with E-state index in [1.54, 1.807) is 11.3 Å². The van der Waals surface area contributed by atoms with Gasteiger partial charge >= 0.3 is 5.97 Å². The van der Waals surface area contributed by atoms with Gasteiger partial charge in [0.25, 0.3) is 0 Å². The molecule has 1 aromatic heterocycles. The topological polar surface area (TPSA) is 39.2 Å². The highest BCUT2D eigenvalue weighted by atomic mass is 35.5. The summed E-state index contributed by atoms with van der Waals surface area (Å²) in [5.41, 5.74) is 3.28. The molecule has 0 bridgehead atoms. The highest BCUT2D eigenvalue weighted by Gasteiger charge is 2.15. The minimum absolute atomic E-state index is 0.104. The van der Waals surface area contributed by atoms with E-state index in [4.69, 9.17) is 21.3 Å². The first-order valence-electron chi connectivity index (χ1n) is 9.64. The van der Waals surface area contributed by atoms with Crippen molar-refractivity contribution < 1.29 is 9.53 Å². The third kappa shape index (κ3) is 5.66. The molecule has 2 aromatic carbocycles. The normalized spacial score (nSPS) is 10.8. The van der Waals surface area contributed by atoms with Crippen LogP contribution in [0.25, 0.3) is 21.7 Å². The van der Waals surface area contributed by atoms with E-state index in [0.29, 0.717) is 13.0 Å². The van der Waals surface area contributed by atoms with Crippen LogP contribution in [0.2, 0.25) is 5.02 Å². The molecule has 0 aliphatic heterocycles. The van der Waals surface area contributed by atoms with Crippen LogP contribution in [-0.2, 0) is 16.0 Å². The zero-order valence-electron chi connectivity index (χ0n) is 16.0. The maximum absolute atomic E-state index is 11.4. The number of esters is 1. The van der Waals surface area contributed by atoms with Gasteiger partial charge in [-0.25, -0.2) is 4.98 Å². The molecular formula is C23H24ClNO2S. The van der Waals surface area contributed by atoms with Crippen LogP contribution in [0.4, 0.5) is 0 Å². The number of hydrogen-bond acceptors (Lipinski definition) is 4. The van der Waals surface area contributed by atoms with Crippen LogP contribution in [-0.4, -0.2) is 17.6 Å². The molecule has 5 heteroatoms. The van der Waals surface area contributed by atoms with E-state index in [1.165, 1.54) is 4.88 Å². The Morgan fingerprint density at radius 2 is 1.75 bits per heavy atom. The molecule has 0 aliphatic rings. The number of aryl methyl sites for hydroxylation is 1. The first kappa shape index (κ1) is 20.6. The molecule has 0 atom stereocenters. The van der Waals surface area contributed by atoms with E-state index in [9.17, 15) is 4.79 Å². The molecule has 1 heterocycles. The number of nitrogens with zero attached hydrogens (tertiary/aromatic N) is 1. The smallest absolute Gasteiger partial charge is 0.305 e. The van der Waals surface area contributed by atoms with E-state index in [0.717, 1.165) is 52.5 Å². The van der Waals surface area contributed by atoms with Gasteiger partial charge in [0.05, 0.1) is 22.2 Å². The predicted molar refractivity (Wildman–Crippen MR) is 117 cm³/mol. The van der Waals surface area contributed by atoms with Gasteiger partial charge in [0.15, 0.2) is 0 Å². The molecule has 3 rings (SSSR count). The van der Waals surface area contributed by atoms with E-state index in [2.05, 4.69) is 12.1 Å². The van der Waals surface area contributed by atoms with Crippen molar-refractivity contribution in [1.29, 1.82) is 0 Å². The zero-order chi connectivity index (χ0) is 19.8. The van der Waals surface area contributed by atoms with E-state index in [-0.39, 0.29) is 5.97 Å². The van der Waals surface area contributed by atoms with Gasteiger partial charge in [-0.15, -0.1) is 11.3 Å². The fourth-order valence-corrected chi connectivity index (χ4v) is 4.27. The highest BCUT2D eigenvalue weighted by molar-refractivity contribution is 7.15.